The Bertz CT molecular complexity index is 1040. The Labute approximate surface area is 168 Å². The van der Waals surface area contributed by atoms with Gasteiger partial charge in [0, 0.05) is 33.0 Å². The summed E-state index contributed by atoms with van der Waals surface area (Å²) in [6.07, 6.45) is 3.40. The molecule has 0 radical (unpaired) electrons. The number of rotatable bonds is 6. The van der Waals surface area contributed by atoms with Crippen molar-refractivity contribution in [2.45, 2.75) is 39.0 Å². The van der Waals surface area contributed by atoms with E-state index in [0.717, 1.165) is 22.6 Å². The molecule has 28 heavy (non-hydrogen) atoms. The van der Waals surface area contributed by atoms with Gasteiger partial charge in [0.15, 0.2) is 0 Å². The molecule has 0 unspecified atom stereocenters. The van der Waals surface area contributed by atoms with Crippen LogP contribution in [0.15, 0.2) is 18.5 Å². The van der Waals surface area contributed by atoms with Gasteiger partial charge in [-0.15, -0.1) is 0 Å². The third-order valence-corrected chi connectivity index (χ3v) is 6.78. The predicted molar refractivity (Wildman–Crippen MR) is 110 cm³/mol. The number of fused-ring (bicyclic) bond motifs is 2. The first-order chi connectivity index (χ1) is 13.3. The summed E-state index contributed by atoms with van der Waals surface area (Å²) in [5, 5.41) is 12.2. The van der Waals surface area contributed by atoms with E-state index < -0.39 is 8.07 Å². The van der Waals surface area contributed by atoms with Crippen molar-refractivity contribution in [1.29, 1.82) is 0 Å². The maximum absolute atomic E-state index is 12.2. The lowest BCUT2D eigenvalue weighted by Gasteiger charge is -2.15. The number of nitrogens with one attached hydrogen (secondary N) is 1. The SMILES string of the molecule is C[Si](C)(C)CCOCn1ncc2nccc(-c3nn4c(c3Cl)C(=O)NCC4)c21. The van der Waals surface area contributed by atoms with Crippen LogP contribution in [0.5, 0.6) is 0 Å². The number of carbonyl (C=O) groups is 1. The van der Waals surface area contributed by atoms with E-state index in [0.29, 0.717) is 42.8 Å². The first-order valence-corrected chi connectivity index (χ1v) is 13.4. The molecule has 3 aromatic heterocycles. The highest BCUT2D eigenvalue weighted by atomic mass is 35.5. The molecule has 4 heterocycles. The van der Waals surface area contributed by atoms with E-state index in [1.807, 2.05) is 6.07 Å². The second-order valence-corrected chi connectivity index (χ2v) is 14.1. The zero-order chi connectivity index (χ0) is 19.9. The summed E-state index contributed by atoms with van der Waals surface area (Å²) < 4.78 is 9.30. The van der Waals surface area contributed by atoms with E-state index in [1.54, 1.807) is 21.8 Å². The summed E-state index contributed by atoms with van der Waals surface area (Å²) in [7, 11) is -1.15. The van der Waals surface area contributed by atoms with E-state index in [2.05, 4.69) is 40.1 Å². The van der Waals surface area contributed by atoms with Crippen LogP contribution in [0.2, 0.25) is 30.7 Å². The van der Waals surface area contributed by atoms with Crippen LogP contribution in [0.1, 0.15) is 10.5 Å². The fourth-order valence-corrected chi connectivity index (χ4v) is 4.27. The van der Waals surface area contributed by atoms with Gasteiger partial charge in [-0.1, -0.05) is 31.2 Å². The van der Waals surface area contributed by atoms with Gasteiger partial charge in [-0.3, -0.25) is 14.5 Å². The summed E-state index contributed by atoms with van der Waals surface area (Å²) in [4.78, 5) is 16.6. The molecule has 8 nitrogen and oxygen atoms in total. The van der Waals surface area contributed by atoms with Crippen molar-refractivity contribution in [1.82, 2.24) is 29.9 Å². The Hall–Kier alpha value is -2.23. The largest absolute Gasteiger partial charge is 0.360 e. The molecule has 4 rings (SSSR count). The highest BCUT2D eigenvalue weighted by molar-refractivity contribution is 6.76. The van der Waals surface area contributed by atoms with Crippen LogP contribution in [0, 0.1) is 0 Å². The van der Waals surface area contributed by atoms with Crippen molar-refractivity contribution in [3.63, 3.8) is 0 Å². The quantitative estimate of drug-likeness (QED) is 0.491. The van der Waals surface area contributed by atoms with E-state index >= 15 is 0 Å². The van der Waals surface area contributed by atoms with Gasteiger partial charge in [0.25, 0.3) is 5.91 Å². The fraction of sp³-hybridized carbons (Fsp3) is 0.444. The molecule has 0 aromatic carbocycles. The lowest BCUT2D eigenvalue weighted by atomic mass is 10.1. The van der Waals surface area contributed by atoms with Crippen molar-refractivity contribution in [2.75, 3.05) is 13.2 Å². The van der Waals surface area contributed by atoms with Gasteiger partial charge in [0.2, 0.25) is 0 Å². The maximum Gasteiger partial charge on any atom is 0.271 e. The fourth-order valence-electron chi connectivity index (χ4n) is 3.19. The number of hydrogen-bond acceptors (Lipinski definition) is 5. The Morgan fingerprint density at radius 1 is 1.36 bits per heavy atom. The molecule has 1 aliphatic heterocycles. The smallest absolute Gasteiger partial charge is 0.271 e. The van der Waals surface area contributed by atoms with Gasteiger partial charge >= 0.3 is 0 Å². The van der Waals surface area contributed by atoms with Crippen molar-refractivity contribution >= 4 is 36.6 Å². The highest BCUT2D eigenvalue weighted by Gasteiger charge is 2.27. The van der Waals surface area contributed by atoms with Crippen LogP contribution in [0.3, 0.4) is 0 Å². The first-order valence-electron chi connectivity index (χ1n) is 9.28. The Kier molecular flexibility index (Phi) is 4.98. The minimum Gasteiger partial charge on any atom is -0.360 e. The minimum absolute atomic E-state index is 0.205. The molecule has 3 aromatic rings. The molecule has 1 aliphatic rings. The molecule has 0 saturated heterocycles. The average molecular weight is 419 g/mol. The Morgan fingerprint density at radius 3 is 2.93 bits per heavy atom. The molecule has 0 spiro atoms. The summed E-state index contributed by atoms with van der Waals surface area (Å²) in [5.74, 6) is -0.205. The molecule has 1 N–H and O–H groups in total. The predicted octanol–water partition coefficient (Wildman–Crippen LogP) is 3.00. The summed E-state index contributed by atoms with van der Waals surface area (Å²) in [6.45, 7) is 9.12. The molecule has 0 saturated carbocycles. The topological polar surface area (TPSA) is 86.9 Å². The zero-order valence-electron chi connectivity index (χ0n) is 16.2. The Morgan fingerprint density at radius 2 is 2.18 bits per heavy atom. The molecule has 0 atom stereocenters. The molecule has 0 fully saturated rings. The van der Waals surface area contributed by atoms with E-state index in [4.69, 9.17) is 16.3 Å². The second kappa shape index (κ2) is 7.30. The van der Waals surface area contributed by atoms with Gasteiger partial charge in [-0.05, 0) is 12.1 Å². The van der Waals surface area contributed by atoms with Gasteiger partial charge in [-0.25, -0.2) is 4.68 Å². The van der Waals surface area contributed by atoms with E-state index in [-0.39, 0.29) is 5.91 Å². The second-order valence-electron chi connectivity index (χ2n) is 8.07. The van der Waals surface area contributed by atoms with Crippen molar-refractivity contribution in [3.05, 3.63) is 29.2 Å². The average Bonchev–Trinajstić information content (AvgIpc) is 3.20. The number of hydrogen-bond donors (Lipinski definition) is 1. The number of carbonyl (C=O) groups excluding carboxylic acids is 1. The van der Waals surface area contributed by atoms with E-state index in [9.17, 15) is 4.79 Å². The number of amides is 1. The maximum atomic E-state index is 12.2. The molecule has 148 valence electrons. The third kappa shape index (κ3) is 3.57. The lowest BCUT2D eigenvalue weighted by molar-refractivity contribution is 0.0817. The zero-order valence-corrected chi connectivity index (χ0v) is 18.0. The highest BCUT2D eigenvalue weighted by Crippen LogP contribution is 2.34. The minimum atomic E-state index is -1.15. The number of ether oxygens (including phenoxy) is 1. The number of halogens is 1. The van der Waals surface area contributed by atoms with Crippen LogP contribution in [0.25, 0.3) is 22.3 Å². The van der Waals surface area contributed by atoms with Gasteiger partial charge in [0.05, 0.1) is 23.3 Å². The summed E-state index contributed by atoms with van der Waals surface area (Å²) in [5.41, 5.74) is 3.28. The monoisotopic (exact) mass is 418 g/mol. The van der Waals surface area contributed by atoms with Gasteiger partial charge in [-0.2, -0.15) is 10.2 Å². The van der Waals surface area contributed by atoms with Crippen LogP contribution in [0.4, 0.5) is 0 Å². The summed E-state index contributed by atoms with van der Waals surface area (Å²) >= 11 is 6.55. The standard InChI is InChI=1S/C18H23ClN6O2Si/c1-28(2,3)9-8-27-11-25-16-12(4-5-20-13(16)10-22-25)15-14(19)17-18(26)21-6-7-24(17)23-15/h4-5,10H,6-9,11H2,1-3H3,(H,21,26). The molecular weight excluding hydrogens is 396 g/mol. The van der Waals surface area contributed by atoms with Crippen LogP contribution >= 0.6 is 11.6 Å². The van der Waals surface area contributed by atoms with Crippen molar-refractivity contribution in [2.24, 2.45) is 0 Å². The third-order valence-electron chi connectivity index (χ3n) is 4.71. The Balaban J connectivity index is 1.69. The number of aromatic nitrogens is 5. The van der Waals surface area contributed by atoms with Gasteiger partial charge < -0.3 is 10.1 Å². The van der Waals surface area contributed by atoms with E-state index in [1.165, 1.54) is 0 Å². The molecule has 1 amide bonds. The van der Waals surface area contributed by atoms with Crippen molar-refractivity contribution in [3.8, 4) is 11.3 Å². The van der Waals surface area contributed by atoms with Crippen molar-refractivity contribution < 1.29 is 9.53 Å². The van der Waals surface area contributed by atoms with Gasteiger partial charge in [0.1, 0.15) is 23.6 Å². The number of nitrogens with zero attached hydrogens (tertiary/aromatic N) is 5. The molecule has 0 aliphatic carbocycles. The molecule has 10 heteroatoms. The molecular formula is C18H23ClN6O2Si. The normalized spacial score (nSPS) is 14.4. The van der Waals surface area contributed by atoms with Crippen LogP contribution in [-0.4, -0.2) is 51.7 Å². The lowest BCUT2D eigenvalue weighted by Crippen LogP contribution is -2.35. The van der Waals surface area contributed by atoms with Crippen LogP contribution < -0.4 is 5.32 Å². The van der Waals surface area contributed by atoms with Crippen LogP contribution in [-0.2, 0) is 18.0 Å². The molecule has 0 bridgehead atoms. The number of pyridine rings is 1. The summed E-state index contributed by atoms with van der Waals surface area (Å²) in [6, 6.07) is 2.94. The first kappa shape index (κ1) is 19.1.